The Bertz CT molecular complexity index is 429. The van der Waals surface area contributed by atoms with Crippen LogP contribution in [-0.2, 0) is 4.74 Å². The van der Waals surface area contributed by atoms with Gasteiger partial charge in [-0.15, -0.1) is 0 Å². The smallest absolute Gasteiger partial charge is 0.341 e. The highest BCUT2D eigenvalue weighted by atomic mass is 16.5. The zero-order chi connectivity index (χ0) is 11.3. The van der Waals surface area contributed by atoms with Crippen LogP contribution in [0.4, 0.5) is 0 Å². The van der Waals surface area contributed by atoms with Crippen LogP contribution in [-0.4, -0.2) is 25.2 Å². The van der Waals surface area contributed by atoms with Gasteiger partial charge in [0.25, 0.3) is 0 Å². The second-order valence-corrected chi connectivity index (χ2v) is 2.64. The molecule has 1 aromatic heterocycles. The van der Waals surface area contributed by atoms with Crippen molar-refractivity contribution in [1.29, 1.82) is 0 Å². The van der Waals surface area contributed by atoms with Crippen molar-refractivity contribution in [3.8, 4) is 17.6 Å². The summed E-state index contributed by atoms with van der Waals surface area (Å²) < 4.78 is 9.61. The van der Waals surface area contributed by atoms with E-state index < -0.39 is 5.97 Å². The van der Waals surface area contributed by atoms with Gasteiger partial charge in [0.1, 0.15) is 11.3 Å². The van der Waals surface area contributed by atoms with Gasteiger partial charge < -0.3 is 9.47 Å². The van der Waals surface area contributed by atoms with Gasteiger partial charge in [-0.3, -0.25) is 0 Å². The van der Waals surface area contributed by atoms with Crippen molar-refractivity contribution in [2.75, 3.05) is 14.2 Å². The number of rotatable bonds is 2. The average molecular weight is 205 g/mol. The molecule has 0 aromatic carbocycles. The molecule has 15 heavy (non-hydrogen) atoms. The van der Waals surface area contributed by atoms with Gasteiger partial charge in [-0.05, 0) is 18.9 Å². The standard InChI is InChI=1S/C11H11NO3/c1-4-5-8-6-9(11(13)15-3)10(14-2)7-12-8/h6-7H,1-3H3. The largest absolute Gasteiger partial charge is 0.494 e. The summed E-state index contributed by atoms with van der Waals surface area (Å²) >= 11 is 0. The molecule has 1 aromatic rings. The predicted octanol–water partition coefficient (Wildman–Crippen LogP) is 1.25. The van der Waals surface area contributed by atoms with Crippen molar-refractivity contribution >= 4 is 5.97 Å². The van der Waals surface area contributed by atoms with Crippen LogP contribution in [0.2, 0.25) is 0 Å². The summed E-state index contributed by atoms with van der Waals surface area (Å²) in [6.45, 7) is 1.70. The zero-order valence-corrected chi connectivity index (χ0v) is 8.83. The van der Waals surface area contributed by atoms with E-state index in [1.165, 1.54) is 20.4 Å². The quantitative estimate of drug-likeness (QED) is 0.538. The van der Waals surface area contributed by atoms with Crippen molar-refractivity contribution < 1.29 is 14.3 Å². The Morgan fingerprint density at radius 2 is 2.20 bits per heavy atom. The summed E-state index contributed by atoms with van der Waals surface area (Å²) in [6, 6.07) is 1.54. The predicted molar refractivity (Wildman–Crippen MR) is 54.7 cm³/mol. The molecule has 0 spiro atoms. The number of aromatic nitrogens is 1. The van der Waals surface area contributed by atoms with Gasteiger partial charge in [0.2, 0.25) is 0 Å². The molecule has 0 saturated heterocycles. The highest BCUT2D eigenvalue weighted by Crippen LogP contribution is 2.18. The van der Waals surface area contributed by atoms with Crippen LogP contribution >= 0.6 is 0 Å². The van der Waals surface area contributed by atoms with Crippen LogP contribution in [0, 0.1) is 11.8 Å². The van der Waals surface area contributed by atoms with E-state index in [2.05, 4.69) is 21.6 Å². The number of carbonyl (C=O) groups is 1. The molecule has 1 heterocycles. The van der Waals surface area contributed by atoms with Crippen molar-refractivity contribution in [1.82, 2.24) is 4.98 Å². The number of hydrogen-bond acceptors (Lipinski definition) is 4. The highest BCUT2D eigenvalue weighted by molar-refractivity contribution is 5.92. The molecular weight excluding hydrogens is 194 g/mol. The maximum absolute atomic E-state index is 11.4. The molecular formula is C11H11NO3. The van der Waals surface area contributed by atoms with E-state index in [-0.39, 0.29) is 0 Å². The lowest BCUT2D eigenvalue weighted by molar-refractivity contribution is 0.0597. The minimum atomic E-state index is -0.464. The summed E-state index contributed by atoms with van der Waals surface area (Å²) in [5.74, 6) is 5.37. The second-order valence-electron chi connectivity index (χ2n) is 2.64. The second kappa shape index (κ2) is 5.01. The number of hydrogen-bond donors (Lipinski definition) is 0. The molecule has 0 unspecified atom stereocenters. The fraction of sp³-hybridized carbons (Fsp3) is 0.273. The number of esters is 1. The van der Waals surface area contributed by atoms with E-state index in [9.17, 15) is 4.79 Å². The number of nitrogens with zero attached hydrogens (tertiary/aromatic N) is 1. The van der Waals surface area contributed by atoms with Crippen molar-refractivity contribution in [3.63, 3.8) is 0 Å². The molecule has 0 atom stereocenters. The monoisotopic (exact) mass is 205 g/mol. The Morgan fingerprint density at radius 3 is 2.73 bits per heavy atom. The van der Waals surface area contributed by atoms with Crippen LogP contribution in [0.15, 0.2) is 12.3 Å². The van der Waals surface area contributed by atoms with Gasteiger partial charge in [0.15, 0.2) is 5.75 Å². The zero-order valence-electron chi connectivity index (χ0n) is 8.83. The maximum atomic E-state index is 11.4. The Morgan fingerprint density at radius 1 is 1.47 bits per heavy atom. The lowest BCUT2D eigenvalue weighted by Crippen LogP contribution is -2.05. The Kier molecular flexibility index (Phi) is 3.69. The van der Waals surface area contributed by atoms with Gasteiger partial charge in [0, 0.05) is 0 Å². The van der Waals surface area contributed by atoms with Gasteiger partial charge >= 0.3 is 5.97 Å². The van der Waals surface area contributed by atoms with Crippen molar-refractivity contribution in [2.45, 2.75) is 6.92 Å². The molecule has 0 amide bonds. The fourth-order valence-corrected chi connectivity index (χ4v) is 1.07. The van der Waals surface area contributed by atoms with Gasteiger partial charge in [0.05, 0.1) is 20.4 Å². The van der Waals surface area contributed by atoms with Crippen LogP contribution in [0.1, 0.15) is 23.0 Å². The Hall–Kier alpha value is -2.02. The normalized spacial score (nSPS) is 8.73. The minimum absolute atomic E-state index is 0.327. The summed E-state index contributed by atoms with van der Waals surface area (Å²) in [4.78, 5) is 15.4. The fourth-order valence-electron chi connectivity index (χ4n) is 1.07. The topological polar surface area (TPSA) is 48.4 Å². The number of ether oxygens (including phenoxy) is 2. The number of carbonyl (C=O) groups excluding carboxylic acids is 1. The molecule has 78 valence electrons. The third kappa shape index (κ3) is 2.47. The first-order valence-corrected chi connectivity index (χ1v) is 4.28. The number of methoxy groups -OCH3 is 2. The Labute approximate surface area is 88.2 Å². The minimum Gasteiger partial charge on any atom is -0.494 e. The van der Waals surface area contributed by atoms with Crippen LogP contribution in [0.3, 0.4) is 0 Å². The van der Waals surface area contributed by atoms with Crippen molar-refractivity contribution in [3.05, 3.63) is 23.5 Å². The van der Waals surface area contributed by atoms with Crippen LogP contribution < -0.4 is 4.74 Å². The lowest BCUT2D eigenvalue weighted by Gasteiger charge is -2.05. The first-order chi connectivity index (χ1) is 7.22. The summed E-state index contributed by atoms with van der Waals surface area (Å²) in [5.41, 5.74) is 0.839. The molecule has 0 aliphatic carbocycles. The molecule has 0 saturated carbocycles. The molecule has 4 nitrogen and oxygen atoms in total. The van der Waals surface area contributed by atoms with Crippen LogP contribution in [0.25, 0.3) is 0 Å². The molecule has 0 fully saturated rings. The number of pyridine rings is 1. The summed E-state index contributed by atoms with van der Waals surface area (Å²) in [5, 5.41) is 0. The Balaban J connectivity index is 3.22. The maximum Gasteiger partial charge on any atom is 0.341 e. The van der Waals surface area contributed by atoms with E-state index in [4.69, 9.17) is 4.74 Å². The third-order valence-electron chi connectivity index (χ3n) is 1.75. The third-order valence-corrected chi connectivity index (χ3v) is 1.75. The lowest BCUT2D eigenvalue weighted by atomic mass is 10.2. The molecule has 4 heteroatoms. The van der Waals surface area contributed by atoms with Gasteiger partial charge in [-0.1, -0.05) is 5.92 Å². The molecule has 0 aliphatic rings. The van der Waals surface area contributed by atoms with Gasteiger partial charge in [-0.2, -0.15) is 0 Å². The first kappa shape index (κ1) is 11.1. The van der Waals surface area contributed by atoms with E-state index in [0.717, 1.165) is 0 Å². The average Bonchev–Trinajstić information content (AvgIpc) is 2.28. The van der Waals surface area contributed by atoms with E-state index in [0.29, 0.717) is 17.0 Å². The summed E-state index contributed by atoms with van der Waals surface area (Å²) in [7, 11) is 2.78. The molecule has 0 bridgehead atoms. The van der Waals surface area contributed by atoms with E-state index in [1.54, 1.807) is 13.0 Å². The molecule has 0 radical (unpaired) electrons. The van der Waals surface area contributed by atoms with Crippen molar-refractivity contribution in [2.24, 2.45) is 0 Å². The highest BCUT2D eigenvalue weighted by Gasteiger charge is 2.13. The van der Waals surface area contributed by atoms with Gasteiger partial charge in [-0.25, -0.2) is 9.78 Å². The van der Waals surface area contributed by atoms with Crippen LogP contribution in [0.5, 0.6) is 5.75 Å². The SMILES string of the molecule is CC#Cc1cc(C(=O)OC)c(OC)cn1. The first-order valence-electron chi connectivity index (χ1n) is 4.28. The van der Waals surface area contributed by atoms with E-state index >= 15 is 0 Å². The summed E-state index contributed by atoms with van der Waals surface area (Å²) in [6.07, 6.45) is 1.45. The molecule has 0 N–H and O–H groups in total. The molecule has 0 aliphatic heterocycles. The van der Waals surface area contributed by atoms with E-state index in [1.807, 2.05) is 0 Å². The molecule has 1 rings (SSSR count).